The van der Waals surface area contributed by atoms with E-state index in [0.29, 0.717) is 24.1 Å². The lowest BCUT2D eigenvalue weighted by Crippen LogP contribution is -2.33. The minimum atomic E-state index is -3.76. The first-order chi connectivity index (χ1) is 14.7. The number of hydrogen-bond donors (Lipinski definition) is 2. The van der Waals surface area contributed by atoms with Crippen molar-refractivity contribution in [2.75, 3.05) is 4.72 Å². The Hall–Kier alpha value is -3.40. The number of nitrogens with zero attached hydrogens (tertiary/aromatic N) is 2. The van der Waals surface area contributed by atoms with E-state index in [9.17, 15) is 28.4 Å². The first-order valence-corrected chi connectivity index (χ1v) is 11.3. The van der Waals surface area contributed by atoms with Gasteiger partial charge in [0.1, 0.15) is 6.54 Å². The number of sulfonamides is 1. The highest BCUT2D eigenvalue weighted by molar-refractivity contribution is 7.93. The number of anilines is 1. The van der Waals surface area contributed by atoms with Gasteiger partial charge in [0.2, 0.25) is 10.0 Å². The van der Waals surface area contributed by atoms with Crippen molar-refractivity contribution >= 4 is 38.3 Å². The Morgan fingerprint density at radius 1 is 1.29 bits per heavy atom. The average molecular weight is 443 g/mol. The lowest BCUT2D eigenvalue weighted by Gasteiger charge is -2.25. The highest BCUT2D eigenvalue weighted by atomic mass is 32.2. The molecule has 4 rings (SSSR count). The minimum absolute atomic E-state index is 0.103. The fraction of sp³-hybridized carbons (Fsp3) is 0.286. The van der Waals surface area contributed by atoms with Crippen LogP contribution in [0, 0.1) is 17.0 Å². The Balaban J connectivity index is 1.65. The van der Waals surface area contributed by atoms with Crippen molar-refractivity contribution in [3.05, 3.63) is 69.4 Å². The number of aliphatic carboxylic acids is 1. The monoisotopic (exact) mass is 443 g/mol. The van der Waals surface area contributed by atoms with E-state index in [1.807, 2.05) is 24.3 Å². The predicted octanol–water partition coefficient (Wildman–Crippen LogP) is 3.24. The van der Waals surface area contributed by atoms with Gasteiger partial charge in [0.25, 0.3) is 5.69 Å². The number of nitro benzene ring substituents is 1. The second-order valence-electron chi connectivity index (χ2n) is 7.69. The van der Waals surface area contributed by atoms with Gasteiger partial charge in [0, 0.05) is 28.7 Å². The molecule has 1 atom stereocenters. The van der Waals surface area contributed by atoms with Crippen molar-refractivity contribution in [2.24, 2.45) is 0 Å². The summed E-state index contributed by atoms with van der Waals surface area (Å²) in [6.45, 7) is 1.44. The zero-order valence-corrected chi connectivity index (χ0v) is 17.6. The van der Waals surface area contributed by atoms with E-state index < -0.39 is 26.2 Å². The molecular weight excluding hydrogens is 422 g/mol. The first kappa shape index (κ1) is 20.9. The van der Waals surface area contributed by atoms with Crippen LogP contribution in [0.15, 0.2) is 42.5 Å². The van der Waals surface area contributed by atoms with Gasteiger partial charge < -0.3 is 9.67 Å². The van der Waals surface area contributed by atoms with Gasteiger partial charge in [-0.3, -0.25) is 19.6 Å². The zero-order chi connectivity index (χ0) is 22.3. The molecule has 3 aromatic rings. The van der Waals surface area contributed by atoms with Gasteiger partial charge in [-0.15, -0.1) is 0 Å². The summed E-state index contributed by atoms with van der Waals surface area (Å²) >= 11 is 0. The number of para-hydroxylation sites is 1. The number of aromatic nitrogens is 1. The lowest BCUT2D eigenvalue weighted by atomic mass is 9.95. The van der Waals surface area contributed by atoms with Gasteiger partial charge in [-0.1, -0.05) is 18.2 Å². The first-order valence-electron chi connectivity index (χ1n) is 9.75. The molecule has 1 aromatic heterocycles. The quantitative estimate of drug-likeness (QED) is 0.444. The van der Waals surface area contributed by atoms with Gasteiger partial charge in [0.05, 0.1) is 15.9 Å². The number of carboxylic acids is 1. The summed E-state index contributed by atoms with van der Waals surface area (Å²) in [4.78, 5) is 21.7. The van der Waals surface area contributed by atoms with E-state index in [-0.39, 0.29) is 18.7 Å². The molecule has 1 aliphatic rings. The highest BCUT2D eigenvalue weighted by Crippen LogP contribution is 2.35. The van der Waals surface area contributed by atoms with Crippen LogP contribution in [0.25, 0.3) is 10.9 Å². The number of benzene rings is 2. The van der Waals surface area contributed by atoms with E-state index in [4.69, 9.17) is 0 Å². The van der Waals surface area contributed by atoms with Gasteiger partial charge in [-0.2, -0.15) is 0 Å². The predicted molar refractivity (Wildman–Crippen MR) is 116 cm³/mol. The topological polar surface area (TPSA) is 132 Å². The van der Waals surface area contributed by atoms with E-state index in [2.05, 4.69) is 4.72 Å². The van der Waals surface area contributed by atoms with Crippen LogP contribution in [0.2, 0.25) is 0 Å². The Bertz CT molecular complexity index is 1310. The van der Waals surface area contributed by atoms with Crippen LogP contribution in [-0.2, 0) is 34.2 Å². The minimum Gasteiger partial charge on any atom is -0.480 e. The van der Waals surface area contributed by atoms with Crippen LogP contribution < -0.4 is 4.72 Å². The number of nitrogens with one attached hydrogen (secondary N) is 1. The van der Waals surface area contributed by atoms with Crippen LogP contribution in [0.1, 0.15) is 23.2 Å². The molecule has 0 aliphatic heterocycles. The number of non-ortho nitro benzene ring substituents is 1. The number of aryl methyl sites for hydroxylation is 1. The summed E-state index contributed by atoms with van der Waals surface area (Å²) in [7, 11) is -3.76. The fourth-order valence-electron chi connectivity index (χ4n) is 4.26. The number of carbonyl (C=O) groups is 1. The molecule has 1 unspecified atom stereocenters. The third-order valence-electron chi connectivity index (χ3n) is 5.73. The number of hydrogen-bond acceptors (Lipinski definition) is 5. The Labute approximate surface area is 178 Å². The maximum atomic E-state index is 13.1. The van der Waals surface area contributed by atoms with Gasteiger partial charge >= 0.3 is 5.97 Å². The Morgan fingerprint density at radius 2 is 2.03 bits per heavy atom. The molecular formula is C21H21N3O6S. The molecule has 2 N–H and O–H groups in total. The molecule has 2 aromatic carbocycles. The third-order valence-corrected chi connectivity index (χ3v) is 7.52. The smallest absolute Gasteiger partial charge is 0.323 e. The lowest BCUT2D eigenvalue weighted by molar-refractivity contribution is -0.384. The van der Waals surface area contributed by atoms with E-state index in [0.717, 1.165) is 22.2 Å². The molecule has 10 heteroatoms. The second-order valence-corrected chi connectivity index (χ2v) is 9.65. The van der Waals surface area contributed by atoms with E-state index in [1.165, 1.54) is 18.2 Å². The average Bonchev–Trinajstić information content (AvgIpc) is 3.02. The fourth-order valence-corrected chi connectivity index (χ4v) is 5.78. The van der Waals surface area contributed by atoms with Crippen LogP contribution in [0.4, 0.5) is 11.4 Å². The van der Waals surface area contributed by atoms with E-state index >= 15 is 0 Å². The summed E-state index contributed by atoms with van der Waals surface area (Å²) in [5.74, 6) is -0.950. The van der Waals surface area contributed by atoms with Crippen LogP contribution >= 0.6 is 0 Å². The van der Waals surface area contributed by atoms with Crippen molar-refractivity contribution in [1.82, 2.24) is 4.57 Å². The standard InChI is InChI=1S/C21H21N3O6S/c1-13-10-14(24(27)28)6-8-18(13)22-31(29,30)15-7-9-20-17(11-15)16-4-2-3-5-19(16)23(20)12-21(25)26/h2-6,8,10,15,22H,7,9,11-12H2,1H3,(H,25,26). The Kier molecular flexibility index (Phi) is 5.18. The van der Waals surface area contributed by atoms with Gasteiger partial charge in [0.15, 0.2) is 0 Å². The van der Waals surface area contributed by atoms with Crippen LogP contribution in [0.5, 0.6) is 0 Å². The number of rotatable bonds is 6. The number of carboxylic acid groups (broad SMARTS) is 1. The van der Waals surface area contributed by atoms with Crippen molar-refractivity contribution in [3.8, 4) is 0 Å². The largest absolute Gasteiger partial charge is 0.480 e. The molecule has 0 bridgehead atoms. The summed E-state index contributed by atoms with van der Waals surface area (Å²) in [6, 6.07) is 11.4. The molecule has 1 heterocycles. The molecule has 0 amide bonds. The third kappa shape index (κ3) is 3.86. The molecule has 0 spiro atoms. The maximum Gasteiger partial charge on any atom is 0.323 e. The summed E-state index contributed by atoms with van der Waals surface area (Å²) in [5, 5.41) is 20.4. The molecule has 31 heavy (non-hydrogen) atoms. The molecule has 0 saturated carbocycles. The molecule has 9 nitrogen and oxygen atoms in total. The zero-order valence-electron chi connectivity index (χ0n) is 16.7. The van der Waals surface area contributed by atoms with Crippen molar-refractivity contribution in [1.29, 1.82) is 0 Å². The van der Waals surface area contributed by atoms with Crippen LogP contribution in [0.3, 0.4) is 0 Å². The molecule has 0 radical (unpaired) electrons. The number of nitro groups is 1. The van der Waals surface area contributed by atoms with E-state index in [1.54, 1.807) is 11.5 Å². The maximum absolute atomic E-state index is 13.1. The Morgan fingerprint density at radius 3 is 2.71 bits per heavy atom. The summed E-state index contributed by atoms with van der Waals surface area (Å²) in [5.41, 5.74) is 3.18. The van der Waals surface area contributed by atoms with Crippen LogP contribution in [-0.4, -0.2) is 34.2 Å². The van der Waals surface area contributed by atoms with Gasteiger partial charge in [-0.05, 0) is 49.4 Å². The van der Waals surface area contributed by atoms with Crippen molar-refractivity contribution in [3.63, 3.8) is 0 Å². The normalized spacial score (nSPS) is 16.1. The highest BCUT2D eigenvalue weighted by Gasteiger charge is 2.33. The SMILES string of the molecule is Cc1cc([N+](=O)[O-])ccc1NS(=O)(=O)C1CCc2c(c3ccccc3n2CC(=O)O)C1. The van der Waals surface area contributed by atoms with Crippen molar-refractivity contribution < 1.29 is 23.2 Å². The second kappa shape index (κ2) is 7.69. The van der Waals surface area contributed by atoms with Crippen molar-refractivity contribution in [2.45, 2.75) is 38.0 Å². The number of fused-ring (bicyclic) bond motifs is 3. The molecule has 162 valence electrons. The molecule has 0 saturated heterocycles. The molecule has 1 aliphatic carbocycles. The summed E-state index contributed by atoms with van der Waals surface area (Å²) in [6.07, 6.45) is 1.07. The summed E-state index contributed by atoms with van der Waals surface area (Å²) < 4.78 is 30.6. The molecule has 0 fully saturated rings. The van der Waals surface area contributed by atoms with Gasteiger partial charge in [-0.25, -0.2) is 8.42 Å².